The third-order valence-corrected chi connectivity index (χ3v) is 4.18. The van der Waals surface area contributed by atoms with Crippen LogP contribution in [0.3, 0.4) is 0 Å². The summed E-state index contributed by atoms with van der Waals surface area (Å²) in [5.41, 5.74) is 0. The van der Waals surface area contributed by atoms with E-state index in [1.54, 1.807) is 0 Å². The molecule has 0 atom stereocenters. The van der Waals surface area contributed by atoms with Crippen molar-refractivity contribution in [3.05, 3.63) is 0 Å². The average molecular weight is 314 g/mol. The molecule has 13 heavy (non-hydrogen) atoms. The van der Waals surface area contributed by atoms with Gasteiger partial charge in [0.15, 0.2) is 5.11 Å². The second kappa shape index (κ2) is 6.01. The van der Waals surface area contributed by atoms with Gasteiger partial charge in [0.1, 0.15) is 0 Å². The summed E-state index contributed by atoms with van der Waals surface area (Å²) in [5.74, 6) is 0. The predicted molar refractivity (Wildman–Crippen MR) is 71.1 cm³/mol. The monoisotopic (exact) mass is 314 g/mol. The van der Waals surface area contributed by atoms with Crippen LogP contribution in [0, 0.1) is 0 Å². The van der Waals surface area contributed by atoms with Gasteiger partial charge >= 0.3 is 0 Å². The highest BCUT2D eigenvalue weighted by molar-refractivity contribution is 14.1. The first kappa shape index (κ1) is 13.4. The Labute approximate surface area is 101 Å². The van der Waals surface area contributed by atoms with Crippen molar-refractivity contribution in [2.45, 2.75) is 46.7 Å². The molecule has 0 saturated carbocycles. The van der Waals surface area contributed by atoms with Crippen molar-refractivity contribution >= 4 is 40.2 Å². The molecular weight excluding hydrogens is 295 g/mol. The highest BCUT2D eigenvalue weighted by atomic mass is 127. The first-order valence-electron chi connectivity index (χ1n) is 4.67. The van der Waals surface area contributed by atoms with Crippen LogP contribution in [0.2, 0.25) is 0 Å². The van der Waals surface area contributed by atoms with Crippen LogP contribution >= 0.6 is 35.1 Å². The van der Waals surface area contributed by atoms with E-state index >= 15 is 0 Å². The molecule has 4 heteroatoms. The molecule has 2 nitrogen and oxygen atoms in total. The summed E-state index contributed by atoms with van der Waals surface area (Å²) in [5, 5.41) is 0.938. The molecule has 0 aromatic rings. The minimum Gasteiger partial charge on any atom is -0.346 e. The van der Waals surface area contributed by atoms with Crippen LogP contribution in [0.15, 0.2) is 0 Å². The Hall–Kier alpha value is 0.420. The molecule has 0 aliphatic carbocycles. The average Bonchev–Trinajstić information content (AvgIpc) is 2.03. The fourth-order valence-corrected chi connectivity index (χ4v) is 1.89. The number of thiocarbonyl (C=S) groups is 1. The van der Waals surface area contributed by atoms with E-state index in [2.05, 4.69) is 65.5 Å². The standard InChI is InChI=1S/C9H19IN2S/c1-6-11(7(2)3)9(13)12(10)8(4)5/h7-8H,6H2,1-5H3. The molecule has 0 saturated heterocycles. The molecule has 0 aromatic heterocycles. The molecule has 0 heterocycles. The molecule has 0 fully saturated rings. The van der Waals surface area contributed by atoms with Gasteiger partial charge in [0.25, 0.3) is 0 Å². The summed E-state index contributed by atoms with van der Waals surface area (Å²) in [6, 6.07) is 0.939. The second-order valence-corrected chi connectivity index (χ2v) is 4.97. The molecular formula is C9H19IN2S. The summed E-state index contributed by atoms with van der Waals surface area (Å²) in [4.78, 5) is 2.22. The molecule has 0 aliphatic heterocycles. The molecule has 78 valence electrons. The van der Waals surface area contributed by atoms with Crippen molar-refractivity contribution in [3.63, 3.8) is 0 Å². The molecule has 0 rings (SSSR count). The summed E-state index contributed by atoms with van der Waals surface area (Å²) >= 11 is 7.67. The van der Waals surface area contributed by atoms with Crippen LogP contribution in [0.25, 0.3) is 0 Å². The zero-order valence-corrected chi connectivity index (χ0v) is 12.0. The number of rotatable bonds is 3. The van der Waals surface area contributed by atoms with Gasteiger partial charge in [-0.05, 0) is 46.8 Å². The van der Waals surface area contributed by atoms with Gasteiger partial charge in [-0.3, -0.25) is 3.11 Å². The van der Waals surface area contributed by atoms with Crippen molar-refractivity contribution < 1.29 is 0 Å². The zero-order valence-electron chi connectivity index (χ0n) is 9.04. The van der Waals surface area contributed by atoms with Gasteiger partial charge in [-0.15, -0.1) is 0 Å². The highest BCUT2D eigenvalue weighted by Gasteiger charge is 2.17. The smallest absolute Gasteiger partial charge is 0.180 e. The lowest BCUT2D eigenvalue weighted by atomic mass is 10.3. The summed E-state index contributed by atoms with van der Waals surface area (Å²) < 4.78 is 2.11. The maximum atomic E-state index is 5.39. The Bertz CT molecular complexity index is 171. The fourth-order valence-electron chi connectivity index (χ4n) is 1.06. The van der Waals surface area contributed by atoms with E-state index in [1.165, 1.54) is 0 Å². The number of hydrogen-bond donors (Lipinski definition) is 0. The van der Waals surface area contributed by atoms with Gasteiger partial charge in [0, 0.05) is 18.6 Å². The maximum absolute atomic E-state index is 5.39. The number of hydrogen-bond acceptors (Lipinski definition) is 1. The van der Waals surface area contributed by atoms with Crippen LogP contribution in [-0.4, -0.2) is 31.8 Å². The largest absolute Gasteiger partial charge is 0.346 e. The zero-order chi connectivity index (χ0) is 10.6. The molecule has 0 aliphatic rings. The van der Waals surface area contributed by atoms with E-state index in [0.29, 0.717) is 12.1 Å². The van der Waals surface area contributed by atoms with Crippen molar-refractivity contribution in [2.24, 2.45) is 0 Å². The molecule has 0 spiro atoms. The molecule has 0 radical (unpaired) electrons. The maximum Gasteiger partial charge on any atom is 0.180 e. The Morgan fingerprint density at radius 3 is 1.92 bits per heavy atom. The van der Waals surface area contributed by atoms with E-state index in [-0.39, 0.29) is 0 Å². The van der Waals surface area contributed by atoms with Crippen LogP contribution < -0.4 is 0 Å². The quantitative estimate of drug-likeness (QED) is 0.449. The molecule has 0 N–H and O–H groups in total. The Morgan fingerprint density at radius 1 is 1.23 bits per heavy atom. The fraction of sp³-hybridized carbons (Fsp3) is 0.889. The van der Waals surface area contributed by atoms with Gasteiger partial charge in [0.05, 0.1) is 22.9 Å². The second-order valence-electron chi connectivity index (χ2n) is 3.57. The van der Waals surface area contributed by atoms with E-state index in [4.69, 9.17) is 12.2 Å². The van der Waals surface area contributed by atoms with Gasteiger partial charge in [0.2, 0.25) is 0 Å². The van der Waals surface area contributed by atoms with Crippen LogP contribution in [0.5, 0.6) is 0 Å². The first-order valence-corrected chi connectivity index (χ1v) is 6.04. The molecule has 0 bridgehead atoms. The van der Waals surface area contributed by atoms with Gasteiger partial charge < -0.3 is 4.90 Å². The van der Waals surface area contributed by atoms with Crippen molar-refractivity contribution in [1.82, 2.24) is 8.01 Å². The lowest BCUT2D eigenvalue weighted by Crippen LogP contribution is -2.44. The van der Waals surface area contributed by atoms with Gasteiger partial charge in [-0.2, -0.15) is 0 Å². The Morgan fingerprint density at radius 2 is 1.69 bits per heavy atom. The molecule has 0 aromatic carbocycles. The minimum absolute atomic E-state index is 0.459. The SMILES string of the molecule is CCN(C(=S)N(I)C(C)C)C(C)C. The lowest BCUT2D eigenvalue weighted by Gasteiger charge is -2.33. The highest BCUT2D eigenvalue weighted by Crippen LogP contribution is 2.12. The predicted octanol–water partition coefficient (Wildman–Crippen LogP) is 3.06. The molecule has 0 amide bonds. The summed E-state index contributed by atoms with van der Waals surface area (Å²) in [7, 11) is 0. The van der Waals surface area contributed by atoms with Crippen molar-refractivity contribution in [1.29, 1.82) is 0 Å². The van der Waals surface area contributed by atoms with Gasteiger partial charge in [-0.25, -0.2) is 0 Å². The van der Waals surface area contributed by atoms with Crippen LogP contribution in [0.1, 0.15) is 34.6 Å². The minimum atomic E-state index is 0.459. The molecule has 0 unspecified atom stereocenters. The first-order chi connectivity index (χ1) is 5.91. The third kappa shape index (κ3) is 3.97. The van der Waals surface area contributed by atoms with Gasteiger partial charge in [-0.1, -0.05) is 0 Å². The topological polar surface area (TPSA) is 6.48 Å². The normalized spacial score (nSPS) is 10.8. The summed E-state index contributed by atoms with van der Waals surface area (Å²) in [6.45, 7) is 11.7. The number of halogens is 1. The third-order valence-electron chi connectivity index (χ3n) is 1.85. The summed E-state index contributed by atoms with van der Waals surface area (Å²) in [6.07, 6.45) is 0. The Kier molecular flexibility index (Phi) is 6.20. The van der Waals surface area contributed by atoms with E-state index in [1.807, 2.05) is 0 Å². The van der Waals surface area contributed by atoms with E-state index < -0.39 is 0 Å². The van der Waals surface area contributed by atoms with E-state index in [9.17, 15) is 0 Å². The number of nitrogens with zero attached hydrogens (tertiary/aromatic N) is 2. The van der Waals surface area contributed by atoms with Crippen molar-refractivity contribution in [3.8, 4) is 0 Å². The van der Waals surface area contributed by atoms with Crippen LogP contribution in [0.4, 0.5) is 0 Å². The lowest BCUT2D eigenvalue weighted by molar-refractivity contribution is 0.340. The Balaban J connectivity index is 4.37. The van der Waals surface area contributed by atoms with E-state index in [0.717, 1.165) is 11.7 Å². The van der Waals surface area contributed by atoms with Crippen LogP contribution in [-0.2, 0) is 0 Å². The van der Waals surface area contributed by atoms with Crippen molar-refractivity contribution in [2.75, 3.05) is 6.54 Å².